The van der Waals surface area contributed by atoms with E-state index >= 15 is 0 Å². The maximum atomic E-state index is 11.3. The van der Waals surface area contributed by atoms with Gasteiger partial charge in [0.15, 0.2) is 0 Å². The van der Waals surface area contributed by atoms with Gasteiger partial charge in [-0.15, -0.1) is 0 Å². The van der Waals surface area contributed by atoms with Gasteiger partial charge in [0.1, 0.15) is 0 Å². The number of ether oxygens (including phenoxy) is 2. The minimum absolute atomic E-state index is 0.0316. The van der Waals surface area contributed by atoms with E-state index in [9.17, 15) is 5.11 Å². The molecule has 0 saturated heterocycles. The molecule has 0 amide bonds. The van der Waals surface area contributed by atoms with Crippen LogP contribution in [0, 0.1) is 5.92 Å². The fourth-order valence-electron chi connectivity index (χ4n) is 4.24. The molecule has 0 aromatic carbocycles. The fourth-order valence-corrected chi connectivity index (χ4v) is 19.9. The maximum absolute atomic E-state index is 11.3. The van der Waals surface area contributed by atoms with Gasteiger partial charge >= 0.3 is 193 Å². The van der Waals surface area contributed by atoms with Crippen LogP contribution in [0.1, 0.15) is 93.4 Å². The molecule has 1 N–H and O–H groups in total. The van der Waals surface area contributed by atoms with E-state index in [1.54, 1.807) is 0 Å². The molecule has 0 fully saturated rings. The second kappa shape index (κ2) is 17.7. The number of hydrogen-bond donors (Lipinski definition) is 1. The number of rotatable bonds is 19. The predicted octanol–water partition coefficient (Wildman–Crippen LogP) is 7.66. The number of aliphatic hydroxyl groups is 1. The summed E-state index contributed by atoms with van der Waals surface area (Å²) in [5, 5.41) is 11.3. The molecule has 178 valence electrons. The Morgan fingerprint density at radius 3 is 1.63 bits per heavy atom. The van der Waals surface area contributed by atoms with Crippen LogP contribution < -0.4 is 0 Å². The number of hydrogen-bond acceptors (Lipinski definition) is 3. The molecule has 0 rings (SSSR count). The van der Waals surface area contributed by atoms with Crippen molar-refractivity contribution in [2.45, 2.75) is 119 Å². The normalized spacial score (nSPS) is 14.9. The first-order valence-corrected chi connectivity index (χ1v) is 20.4. The van der Waals surface area contributed by atoms with E-state index < -0.39 is 24.5 Å². The summed E-state index contributed by atoms with van der Waals surface area (Å²) in [6.45, 7) is 20.6. The summed E-state index contributed by atoms with van der Waals surface area (Å²) in [6, 6.07) is 0. The summed E-state index contributed by atoms with van der Waals surface area (Å²) < 4.78 is 18.8. The topological polar surface area (TPSA) is 38.7 Å². The molecule has 0 aliphatic rings. The summed E-state index contributed by atoms with van der Waals surface area (Å²) >= 11 is -2.59. The first kappa shape index (κ1) is 30.2. The standard InChI is InChI=1S/C14H25O3.3C4H9.Sn/c1-7-10(4)13(15)11(5)12(6)14(16-8-2)17-9-3;3*1-3-4-2;/h5,12-15H,4,7-9H2,1-3,6H3;3*1,3-4H2,2H3;. The molecular weight excluding hydrogens is 479 g/mol. The van der Waals surface area contributed by atoms with Crippen molar-refractivity contribution in [3.8, 4) is 0 Å². The van der Waals surface area contributed by atoms with Crippen LogP contribution >= 0.6 is 0 Å². The third-order valence-corrected chi connectivity index (χ3v) is 20.6. The second-order valence-electron chi connectivity index (χ2n) is 8.80. The Morgan fingerprint density at radius 2 is 1.30 bits per heavy atom. The van der Waals surface area contributed by atoms with Crippen molar-refractivity contribution in [3.05, 3.63) is 21.8 Å². The third-order valence-electron chi connectivity index (χ3n) is 6.31. The van der Waals surface area contributed by atoms with Crippen molar-refractivity contribution in [1.29, 1.82) is 0 Å². The first-order valence-electron chi connectivity index (χ1n) is 12.7. The monoisotopic (exact) mass is 532 g/mol. The molecule has 0 aliphatic heterocycles. The molecule has 2 atom stereocenters. The van der Waals surface area contributed by atoms with E-state index in [2.05, 4.69) is 45.3 Å². The van der Waals surface area contributed by atoms with Crippen LogP contribution in [0.3, 0.4) is 0 Å². The van der Waals surface area contributed by atoms with E-state index in [4.69, 9.17) is 9.47 Å². The zero-order valence-corrected chi connectivity index (χ0v) is 24.1. The molecule has 2 unspecified atom stereocenters. The Kier molecular flexibility index (Phi) is 17.8. The quantitative estimate of drug-likeness (QED) is 0.106. The third kappa shape index (κ3) is 10.7. The van der Waals surface area contributed by atoms with E-state index in [1.807, 2.05) is 13.8 Å². The molecule has 3 nitrogen and oxygen atoms in total. The van der Waals surface area contributed by atoms with Gasteiger partial charge in [-0.05, 0) is 0 Å². The summed E-state index contributed by atoms with van der Waals surface area (Å²) in [6.07, 6.45) is 7.58. The van der Waals surface area contributed by atoms with Crippen LogP contribution in [0.2, 0.25) is 13.3 Å². The van der Waals surface area contributed by atoms with Crippen LogP contribution in [-0.2, 0) is 9.47 Å². The van der Waals surface area contributed by atoms with E-state index in [-0.39, 0.29) is 12.2 Å². The van der Waals surface area contributed by atoms with Crippen molar-refractivity contribution in [2.75, 3.05) is 13.2 Å². The molecule has 0 bridgehead atoms. The molecule has 30 heavy (non-hydrogen) atoms. The average molecular weight is 531 g/mol. The summed E-state index contributed by atoms with van der Waals surface area (Å²) in [5.41, 5.74) is 2.04. The van der Waals surface area contributed by atoms with Crippen LogP contribution in [0.25, 0.3) is 0 Å². The van der Waals surface area contributed by atoms with Gasteiger partial charge in [-0.1, -0.05) is 0 Å². The number of unbranched alkanes of at least 4 members (excludes halogenated alkanes) is 3. The van der Waals surface area contributed by atoms with E-state index in [1.165, 1.54) is 51.8 Å². The van der Waals surface area contributed by atoms with Crippen LogP contribution in [0.15, 0.2) is 21.8 Å². The Morgan fingerprint density at radius 1 is 0.867 bits per heavy atom. The zero-order chi connectivity index (χ0) is 23.0. The molecule has 0 heterocycles. The van der Waals surface area contributed by atoms with Gasteiger partial charge < -0.3 is 0 Å². The van der Waals surface area contributed by atoms with Crippen LogP contribution in [0.4, 0.5) is 0 Å². The molecule has 0 radical (unpaired) electrons. The molecule has 0 aromatic heterocycles. The van der Waals surface area contributed by atoms with Gasteiger partial charge in [0, 0.05) is 0 Å². The molecular formula is C26H52O3Sn. The van der Waals surface area contributed by atoms with Crippen molar-refractivity contribution >= 4 is 18.4 Å². The van der Waals surface area contributed by atoms with Crippen LogP contribution in [0.5, 0.6) is 0 Å². The van der Waals surface area contributed by atoms with E-state index in [0.29, 0.717) is 13.2 Å². The van der Waals surface area contributed by atoms with Gasteiger partial charge in [0.2, 0.25) is 0 Å². The first-order chi connectivity index (χ1) is 14.4. The van der Waals surface area contributed by atoms with Gasteiger partial charge in [-0.25, -0.2) is 0 Å². The Bertz CT molecular complexity index is 447. The van der Waals surface area contributed by atoms with Crippen molar-refractivity contribution in [3.63, 3.8) is 0 Å². The minimum atomic E-state index is -2.59. The number of aliphatic hydroxyl groups excluding tert-OH is 1. The summed E-state index contributed by atoms with van der Waals surface area (Å²) in [5.74, 6) is 0.0316. The Labute approximate surface area is 192 Å². The molecule has 0 aliphatic carbocycles. The fraction of sp³-hybridized carbons (Fsp3) is 0.846. The van der Waals surface area contributed by atoms with Crippen LogP contribution in [-0.4, -0.2) is 49.1 Å². The average Bonchev–Trinajstić information content (AvgIpc) is 2.76. The SMILES string of the molecule is C=C(CC)C(O)/C(=[CH]\[Sn]([CH2]CCC)([CH2]CCC)[CH2]CCC)C(C)C(OCC)OCC. The van der Waals surface area contributed by atoms with Gasteiger partial charge in [0.05, 0.1) is 0 Å². The molecule has 0 spiro atoms. The van der Waals surface area contributed by atoms with Gasteiger partial charge in [0.25, 0.3) is 0 Å². The van der Waals surface area contributed by atoms with Gasteiger partial charge in [-0.3, -0.25) is 0 Å². The van der Waals surface area contributed by atoms with Crippen molar-refractivity contribution < 1.29 is 14.6 Å². The molecule has 4 heteroatoms. The van der Waals surface area contributed by atoms with Crippen molar-refractivity contribution in [1.82, 2.24) is 0 Å². The molecule has 0 aromatic rings. The summed E-state index contributed by atoms with van der Waals surface area (Å²) in [7, 11) is 0. The summed E-state index contributed by atoms with van der Waals surface area (Å²) in [4.78, 5) is 0. The van der Waals surface area contributed by atoms with Crippen molar-refractivity contribution in [2.24, 2.45) is 5.92 Å². The van der Waals surface area contributed by atoms with Gasteiger partial charge in [-0.2, -0.15) is 0 Å². The molecule has 0 saturated carbocycles. The second-order valence-corrected chi connectivity index (χ2v) is 21.7. The Hall–Kier alpha value is 0.159. The Balaban J connectivity index is 6.33. The predicted molar refractivity (Wildman–Crippen MR) is 135 cm³/mol. The van der Waals surface area contributed by atoms with E-state index in [0.717, 1.165) is 17.6 Å². The zero-order valence-electron chi connectivity index (χ0n) is 21.3.